The van der Waals surface area contributed by atoms with E-state index in [-0.39, 0.29) is 5.75 Å². The maximum Gasteiger partial charge on any atom is 0.147 e. The number of nitrogens with one attached hydrogen (secondary N) is 1. The van der Waals surface area contributed by atoms with Gasteiger partial charge in [-0.1, -0.05) is 13.8 Å². The van der Waals surface area contributed by atoms with Gasteiger partial charge < -0.3 is 5.32 Å². The van der Waals surface area contributed by atoms with Gasteiger partial charge in [-0.15, -0.1) is 0 Å². The van der Waals surface area contributed by atoms with Gasteiger partial charge in [-0.05, 0) is 25.8 Å². The average molecular weight is 207 g/mol. The van der Waals surface area contributed by atoms with E-state index in [1.165, 1.54) is 6.26 Å². The maximum atomic E-state index is 10.9. The van der Waals surface area contributed by atoms with Crippen molar-refractivity contribution in [3.63, 3.8) is 0 Å². The fourth-order valence-corrected chi connectivity index (χ4v) is 2.02. The van der Waals surface area contributed by atoms with Crippen LogP contribution in [0.25, 0.3) is 0 Å². The van der Waals surface area contributed by atoms with E-state index in [0.717, 1.165) is 6.42 Å². The minimum Gasteiger partial charge on any atom is -0.317 e. The minimum atomic E-state index is -2.81. The van der Waals surface area contributed by atoms with Gasteiger partial charge in [-0.2, -0.15) is 0 Å². The fourth-order valence-electron chi connectivity index (χ4n) is 1.31. The summed E-state index contributed by atoms with van der Waals surface area (Å²) in [5, 5.41) is 3.14. The Balaban J connectivity index is 3.86. The zero-order valence-corrected chi connectivity index (χ0v) is 9.82. The van der Waals surface area contributed by atoms with Crippen LogP contribution in [0.2, 0.25) is 0 Å². The lowest BCUT2D eigenvalue weighted by atomic mass is 10.0. The standard InChI is InChI=1S/C9H21NO2S/c1-8(2)7-9(10-3)5-6-13(4,11)12/h8-10H,5-7H2,1-4H3. The first-order valence-corrected chi connectivity index (χ1v) is 6.76. The molecule has 1 atom stereocenters. The van der Waals surface area contributed by atoms with E-state index in [9.17, 15) is 8.42 Å². The van der Waals surface area contributed by atoms with Gasteiger partial charge in [0.25, 0.3) is 0 Å². The van der Waals surface area contributed by atoms with Crippen molar-refractivity contribution in [1.82, 2.24) is 5.32 Å². The Morgan fingerprint density at radius 2 is 1.85 bits per heavy atom. The largest absolute Gasteiger partial charge is 0.317 e. The molecule has 0 bridgehead atoms. The van der Waals surface area contributed by atoms with Crippen LogP contribution < -0.4 is 5.32 Å². The molecule has 0 aliphatic heterocycles. The van der Waals surface area contributed by atoms with E-state index in [1.807, 2.05) is 7.05 Å². The third-order valence-electron chi connectivity index (χ3n) is 2.00. The SMILES string of the molecule is CNC(CCS(C)(=O)=O)CC(C)C. The van der Waals surface area contributed by atoms with Gasteiger partial charge >= 0.3 is 0 Å². The molecule has 1 unspecified atom stereocenters. The molecule has 0 fully saturated rings. The summed E-state index contributed by atoms with van der Waals surface area (Å²) in [5.41, 5.74) is 0. The highest BCUT2D eigenvalue weighted by molar-refractivity contribution is 7.90. The van der Waals surface area contributed by atoms with Gasteiger partial charge in [0.2, 0.25) is 0 Å². The lowest BCUT2D eigenvalue weighted by Crippen LogP contribution is -2.29. The van der Waals surface area contributed by atoms with Crippen LogP contribution in [0.4, 0.5) is 0 Å². The molecule has 0 aromatic rings. The molecule has 0 aromatic heterocycles. The van der Waals surface area contributed by atoms with Gasteiger partial charge in [0.05, 0.1) is 5.75 Å². The van der Waals surface area contributed by atoms with Crippen molar-refractivity contribution in [2.45, 2.75) is 32.7 Å². The van der Waals surface area contributed by atoms with Crippen molar-refractivity contribution in [2.75, 3.05) is 19.1 Å². The van der Waals surface area contributed by atoms with E-state index >= 15 is 0 Å². The maximum absolute atomic E-state index is 10.9. The molecule has 0 saturated heterocycles. The van der Waals surface area contributed by atoms with Gasteiger partial charge in [0, 0.05) is 12.3 Å². The molecule has 0 rings (SSSR count). The molecule has 0 radical (unpaired) electrons. The Bertz CT molecular complexity index is 222. The third kappa shape index (κ3) is 8.25. The van der Waals surface area contributed by atoms with Crippen molar-refractivity contribution < 1.29 is 8.42 Å². The second-order valence-electron chi connectivity index (χ2n) is 4.03. The Morgan fingerprint density at radius 1 is 1.31 bits per heavy atom. The summed E-state index contributed by atoms with van der Waals surface area (Å²) in [5.74, 6) is 0.891. The zero-order chi connectivity index (χ0) is 10.5. The summed E-state index contributed by atoms with van der Waals surface area (Å²) < 4.78 is 21.8. The second-order valence-corrected chi connectivity index (χ2v) is 6.29. The molecular weight excluding hydrogens is 186 g/mol. The molecule has 0 aliphatic carbocycles. The van der Waals surface area contributed by atoms with Crippen LogP contribution in [-0.4, -0.2) is 33.5 Å². The lowest BCUT2D eigenvalue weighted by molar-refractivity contribution is 0.433. The Labute approximate surface area is 81.8 Å². The molecule has 0 aliphatic rings. The van der Waals surface area contributed by atoms with E-state index in [2.05, 4.69) is 19.2 Å². The molecule has 13 heavy (non-hydrogen) atoms. The van der Waals surface area contributed by atoms with Gasteiger partial charge in [-0.3, -0.25) is 0 Å². The van der Waals surface area contributed by atoms with Crippen LogP contribution in [0.3, 0.4) is 0 Å². The molecule has 80 valence electrons. The smallest absolute Gasteiger partial charge is 0.147 e. The summed E-state index contributed by atoms with van der Waals surface area (Å²) in [4.78, 5) is 0. The quantitative estimate of drug-likeness (QED) is 0.708. The van der Waals surface area contributed by atoms with Crippen LogP contribution in [0.15, 0.2) is 0 Å². The number of sulfone groups is 1. The van der Waals surface area contributed by atoms with Crippen LogP contribution in [0, 0.1) is 5.92 Å². The van der Waals surface area contributed by atoms with Crippen molar-refractivity contribution in [1.29, 1.82) is 0 Å². The summed E-state index contributed by atoms with van der Waals surface area (Å²) in [6.45, 7) is 4.29. The van der Waals surface area contributed by atoms with Crippen LogP contribution >= 0.6 is 0 Å². The molecule has 0 heterocycles. The highest BCUT2D eigenvalue weighted by Gasteiger charge is 2.11. The highest BCUT2D eigenvalue weighted by Crippen LogP contribution is 2.08. The molecule has 0 amide bonds. The van der Waals surface area contributed by atoms with Gasteiger partial charge in [-0.25, -0.2) is 8.42 Å². The predicted octanol–water partition coefficient (Wildman–Crippen LogP) is 1.06. The normalized spacial score (nSPS) is 14.8. The molecule has 4 heteroatoms. The molecule has 0 spiro atoms. The van der Waals surface area contributed by atoms with E-state index in [4.69, 9.17) is 0 Å². The molecule has 3 nitrogen and oxygen atoms in total. The Kier molecular flexibility index (Phi) is 5.56. The first-order chi connectivity index (χ1) is 5.85. The average Bonchev–Trinajstić information content (AvgIpc) is 1.95. The van der Waals surface area contributed by atoms with Crippen molar-refractivity contribution in [3.05, 3.63) is 0 Å². The van der Waals surface area contributed by atoms with Crippen LogP contribution in [0.5, 0.6) is 0 Å². The van der Waals surface area contributed by atoms with E-state index < -0.39 is 9.84 Å². The minimum absolute atomic E-state index is 0.283. The third-order valence-corrected chi connectivity index (χ3v) is 2.98. The first-order valence-electron chi connectivity index (χ1n) is 4.70. The van der Waals surface area contributed by atoms with Gasteiger partial charge in [0.1, 0.15) is 9.84 Å². The van der Waals surface area contributed by atoms with E-state index in [0.29, 0.717) is 18.4 Å². The van der Waals surface area contributed by atoms with Gasteiger partial charge in [0.15, 0.2) is 0 Å². The second kappa shape index (κ2) is 5.60. The topological polar surface area (TPSA) is 46.2 Å². The van der Waals surface area contributed by atoms with Crippen LogP contribution in [-0.2, 0) is 9.84 Å². The Hall–Kier alpha value is -0.0900. The molecule has 0 saturated carbocycles. The van der Waals surface area contributed by atoms with Crippen LogP contribution in [0.1, 0.15) is 26.7 Å². The van der Waals surface area contributed by atoms with Crippen molar-refractivity contribution in [2.24, 2.45) is 5.92 Å². The molecule has 0 aromatic carbocycles. The summed E-state index contributed by atoms with van der Waals surface area (Å²) in [7, 11) is -0.921. The number of hydrogen-bond acceptors (Lipinski definition) is 3. The lowest BCUT2D eigenvalue weighted by Gasteiger charge is -2.17. The highest BCUT2D eigenvalue weighted by atomic mass is 32.2. The van der Waals surface area contributed by atoms with Crippen molar-refractivity contribution >= 4 is 9.84 Å². The number of rotatable bonds is 6. The first kappa shape index (κ1) is 12.9. The summed E-state index contributed by atoms with van der Waals surface area (Å²) in [6, 6.07) is 0.328. The van der Waals surface area contributed by atoms with E-state index in [1.54, 1.807) is 0 Å². The predicted molar refractivity (Wildman–Crippen MR) is 56.6 cm³/mol. The molecule has 1 N–H and O–H groups in total. The summed E-state index contributed by atoms with van der Waals surface area (Å²) >= 11 is 0. The molecular formula is C9H21NO2S. The monoisotopic (exact) mass is 207 g/mol. The fraction of sp³-hybridized carbons (Fsp3) is 1.00. The summed E-state index contributed by atoms with van der Waals surface area (Å²) in [6.07, 6.45) is 3.04. The zero-order valence-electron chi connectivity index (χ0n) is 9.00. The number of hydrogen-bond donors (Lipinski definition) is 1. The Morgan fingerprint density at radius 3 is 2.15 bits per heavy atom. The van der Waals surface area contributed by atoms with Crippen molar-refractivity contribution in [3.8, 4) is 0 Å².